The summed E-state index contributed by atoms with van der Waals surface area (Å²) >= 11 is 1.18. The largest absolute Gasteiger partial charge is 0.481 e. The highest BCUT2D eigenvalue weighted by atomic mass is 32.2. The molecule has 0 fully saturated rings. The minimum absolute atomic E-state index is 0.0624. The highest BCUT2D eigenvalue weighted by molar-refractivity contribution is 8.00. The lowest BCUT2D eigenvalue weighted by atomic mass is 9.87. The first kappa shape index (κ1) is 19.7. The number of methoxy groups -OCH3 is 1. The first-order valence-electron chi connectivity index (χ1n) is 6.55. The van der Waals surface area contributed by atoms with E-state index in [9.17, 15) is 14.4 Å². The van der Waals surface area contributed by atoms with E-state index in [4.69, 9.17) is 14.9 Å². The highest BCUT2D eigenvalue weighted by Crippen LogP contribution is 2.30. The SMILES string of the molecule is COC(=O)C(C)(C)CC(SCCC(=O)O)C(=O)NCCO. The molecule has 0 saturated carbocycles. The van der Waals surface area contributed by atoms with Crippen LogP contribution in [0.3, 0.4) is 0 Å². The second-order valence-electron chi connectivity index (χ2n) is 5.10. The summed E-state index contributed by atoms with van der Waals surface area (Å²) in [5, 5.41) is 19.3. The van der Waals surface area contributed by atoms with Crippen LogP contribution in [-0.2, 0) is 19.1 Å². The summed E-state index contributed by atoms with van der Waals surface area (Å²) in [5.41, 5.74) is -0.855. The number of ether oxygens (including phenoxy) is 1. The molecule has 0 bridgehead atoms. The van der Waals surface area contributed by atoms with Gasteiger partial charge in [-0.15, -0.1) is 11.8 Å². The Morgan fingerprint density at radius 2 is 1.95 bits per heavy atom. The van der Waals surface area contributed by atoms with E-state index in [1.54, 1.807) is 13.8 Å². The molecule has 3 N–H and O–H groups in total. The van der Waals surface area contributed by atoms with Crippen molar-refractivity contribution < 1.29 is 29.3 Å². The molecule has 0 heterocycles. The van der Waals surface area contributed by atoms with Gasteiger partial charge in [-0.25, -0.2) is 0 Å². The van der Waals surface area contributed by atoms with Gasteiger partial charge in [-0.05, 0) is 20.3 Å². The van der Waals surface area contributed by atoms with E-state index in [0.29, 0.717) is 0 Å². The van der Waals surface area contributed by atoms with Crippen LogP contribution in [0.5, 0.6) is 0 Å². The number of aliphatic hydroxyl groups is 1. The molecule has 7 nitrogen and oxygen atoms in total. The van der Waals surface area contributed by atoms with Gasteiger partial charge in [0.15, 0.2) is 0 Å². The van der Waals surface area contributed by atoms with Crippen LogP contribution in [0.15, 0.2) is 0 Å². The monoisotopic (exact) mass is 321 g/mol. The van der Waals surface area contributed by atoms with Gasteiger partial charge in [0.2, 0.25) is 5.91 Å². The van der Waals surface area contributed by atoms with E-state index in [1.165, 1.54) is 18.9 Å². The van der Waals surface area contributed by atoms with Crippen LogP contribution in [0.1, 0.15) is 26.7 Å². The Hall–Kier alpha value is -1.28. The highest BCUT2D eigenvalue weighted by Gasteiger charge is 2.34. The second-order valence-corrected chi connectivity index (χ2v) is 6.41. The third-order valence-corrected chi connectivity index (χ3v) is 4.00. The Bertz CT molecular complexity index is 372. The number of nitrogens with one attached hydrogen (secondary N) is 1. The number of carboxylic acid groups (broad SMARTS) is 1. The molecule has 0 aliphatic carbocycles. The Labute approximate surface area is 128 Å². The number of hydrogen-bond donors (Lipinski definition) is 3. The molecule has 1 atom stereocenters. The lowest BCUT2D eigenvalue weighted by Crippen LogP contribution is -2.39. The van der Waals surface area contributed by atoms with Crippen molar-refractivity contribution in [2.24, 2.45) is 5.41 Å². The Morgan fingerprint density at radius 1 is 1.33 bits per heavy atom. The van der Waals surface area contributed by atoms with Gasteiger partial charge >= 0.3 is 11.9 Å². The molecule has 122 valence electrons. The third-order valence-electron chi connectivity index (χ3n) is 2.77. The molecule has 0 aromatic carbocycles. The molecule has 0 aromatic heterocycles. The number of carbonyl (C=O) groups is 3. The van der Waals surface area contributed by atoms with Crippen LogP contribution in [-0.4, -0.2) is 59.3 Å². The number of hydrogen-bond acceptors (Lipinski definition) is 6. The number of rotatable bonds is 10. The van der Waals surface area contributed by atoms with Gasteiger partial charge in [0.1, 0.15) is 0 Å². The van der Waals surface area contributed by atoms with Crippen molar-refractivity contribution in [3.8, 4) is 0 Å². The summed E-state index contributed by atoms with van der Waals surface area (Å²) in [4.78, 5) is 34.3. The van der Waals surface area contributed by atoms with Crippen LogP contribution in [0, 0.1) is 5.41 Å². The first-order valence-corrected chi connectivity index (χ1v) is 7.60. The van der Waals surface area contributed by atoms with Crippen molar-refractivity contribution in [2.75, 3.05) is 26.0 Å². The molecule has 1 unspecified atom stereocenters. The summed E-state index contributed by atoms with van der Waals surface area (Å²) in [6.07, 6.45) is 0.161. The fourth-order valence-corrected chi connectivity index (χ4v) is 2.98. The molecule has 8 heteroatoms. The maximum absolute atomic E-state index is 12.0. The maximum atomic E-state index is 12.0. The van der Waals surface area contributed by atoms with Gasteiger partial charge in [0, 0.05) is 12.3 Å². The topological polar surface area (TPSA) is 113 Å². The minimum Gasteiger partial charge on any atom is -0.481 e. The molecular formula is C13H23NO6S. The Balaban J connectivity index is 4.74. The summed E-state index contributed by atoms with van der Waals surface area (Å²) in [6, 6.07) is 0. The van der Waals surface area contributed by atoms with E-state index >= 15 is 0 Å². The van der Waals surface area contributed by atoms with Gasteiger partial charge in [-0.2, -0.15) is 0 Å². The smallest absolute Gasteiger partial charge is 0.311 e. The number of esters is 1. The van der Waals surface area contributed by atoms with Crippen LogP contribution in [0.25, 0.3) is 0 Å². The van der Waals surface area contributed by atoms with E-state index in [-0.39, 0.29) is 37.7 Å². The average molecular weight is 321 g/mol. The van der Waals surface area contributed by atoms with Crippen LogP contribution < -0.4 is 5.32 Å². The predicted octanol–water partition coefficient (Wildman–Crippen LogP) is 0.261. The quantitative estimate of drug-likeness (QED) is 0.495. The second kappa shape index (κ2) is 9.62. The fraction of sp³-hybridized carbons (Fsp3) is 0.769. The molecule has 0 radical (unpaired) electrons. The lowest BCUT2D eigenvalue weighted by Gasteiger charge is -2.26. The van der Waals surface area contributed by atoms with Crippen LogP contribution in [0.2, 0.25) is 0 Å². The third kappa shape index (κ3) is 7.91. The molecule has 0 rings (SSSR count). The zero-order valence-corrected chi connectivity index (χ0v) is 13.4. The van der Waals surface area contributed by atoms with Gasteiger partial charge in [-0.1, -0.05) is 0 Å². The maximum Gasteiger partial charge on any atom is 0.311 e. The zero-order valence-electron chi connectivity index (χ0n) is 12.5. The van der Waals surface area contributed by atoms with Crippen molar-refractivity contribution in [3.05, 3.63) is 0 Å². The number of thioether (sulfide) groups is 1. The molecule has 0 aromatic rings. The van der Waals surface area contributed by atoms with Crippen molar-refractivity contribution in [2.45, 2.75) is 31.9 Å². The normalized spacial score (nSPS) is 12.6. The van der Waals surface area contributed by atoms with Crippen LogP contribution >= 0.6 is 11.8 Å². The fourth-order valence-electron chi connectivity index (χ4n) is 1.63. The van der Waals surface area contributed by atoms with Crippen molar-refractivity contribution in [1.82, 2.24) is 5.32 Å². The van der Waals surface area contributed by atoms with Gasteiger partial charge in [0.05, 0.1) is 30.8 Å². The number of amides is 1. The molecule has 0 aliphatic heterocycles. The Kier molecular flexibility index (Phi) is 9.03. The van der Waals surface area contributed by atoms with Gasteiger partial charge in [0.25, 0.3) is 0 Å². The van der Waals surface area contributed by atoms with E-state index in [1.807, 2.05) is 0 Å². The van der Waals surface area contributed by atoms with Crippen molar-refractivity contribution in [1.29, 1.82) is 0 Å². The van der Waals surface area contributed by atoms with Crippen LogP contribution in [0.4, 0.5) is 0 Å². The first-order chi connectivity index (χ1) is 9.74. The summed E-state index contributed by atoms with van der Waals surface area (Å²) < 4.78 is 4.71. The zero-order chi connectivity index (χ0) is 16.5. The minimum atomic E-state index is -0.941. The van der Waals surface area contributed by atoms with E-state index in [2.05, 4.69) is 5.32 Å². The van der Waals surface area contributed by atoms with Crippen molar-refractivity contribution >= 4 is 29.6 Å². The predicted molar refractivity (Wildman–Crippen MR) is 79.0 cm³/mol. The Morgan fingerprint density at radius 3 is 2.43 bits per heavy atom. The van der Waals surface area contributed by atoms with Gasteiger partial charge < -0.3 is 20.3 Å². The molecule has 0 spiro atoms. The van der Waals surface area contributed by atoms with E-state index in [0.717, 1.165) is 0 Å². The number of aliphatic carboxylic acids is 1. The number of carboxylic acids is 1. The van der Waals surface area contributed by atoms with Crippen molar-refractivity contribution in [3.63, 3.8) is 0 Å². The standard InChI is InChI=1S/C13H23NO6S/c1-13(2,12(19)20-3)8-9(11(18)14-5-6-15)21-7-4-10(16)17/h9,15H,4-8H2,1-3H3,(H,14,18)(H,16,17). The lowest BCUT2D eigenvalue weighted by molar-refractivity contribution is -0.151. The van der Waals surface area contributed by atoms with Gasteiger partial charge in [-0.3, -0.25) is 14.4 Å². The molecule has 21 heavy (non-hydrogen) atoms. The number of aliphatic hydroxyl groups excluding tert-OH is 1. The van der Waals surface area contributed by atoms with E-state index < -0.39 is 22.6 Å². The summed E-state index contributed by atoms with van der Waals surface area (Å²) in [7, 11) is 1.28. The molecule has 0 aliphatic rings. The molecular weight excluding hydrogens is 298 g/mol. The summed E-state index contributed by atoms with van der Waals surface area (Å²) in [5.74, 6) is -1.42. The number of carbonyl (C=O) groups excluding carboxylic acids is 2. The summed E-state index contributed by atoms with van der Waals surface area (Å²) in [6.45, 7) is 3.28. The average Bonchev–Trinajstić information content (AvgIpc) is 2.42. The molecule has 1 amide bonds. The molecule has 0 saturated heterocycles.